The van der Waals surface area contributed by atoms with Crippen LogP contribution in [-0.2, 0) is 11.2 Å². The lowest BCUT2D eigenvalue weighted by Gasteiger charge is -2.17. The number of rotatable bonds is 5. The minimum atomic E-state index is -0.0842. The first-order valence-corrected chi connectivity index (χ1v) is 7.08. The molecule has 1 atom stereocenters. The van der Waals surface area contributed by atoms with E-state index < -0.39 is 0 Å². The topological polar surface area (TPSA) is 38.3 Å². The Balaban J connectivity index is 2.00. The summed E-state index contributed by atoms with van der Waals surface area (Å²) in [5, 5.41) is 3.02. The number of carbonyl (C=O) groups is 1. The summed E-state index contributed by atoms with van der Waals surface area (Å²) in [5.74, 6) is 0.804. The van der Waals surface area contributed by atoms with E-state index in [2.05, 4.69) is 5.32 Å². The van der Waals surface area contributed by atoms with Crippen molar-refractivity contribution in [1.29, 1.82) is 0 Å². The lowest BCUT2D eigenvalue weighted by molar-refractivity contribution is -0.121. The molecule has 0 aliphatic heterocycles. The fraction of sp³-hybridized carbons (Fsp3) is 0.278. The summed E-state index contributed by atoms with van der Waals surface area (Å²) in [7, 11) is 1.64. The predicted octanol–water partition coefficient (Wildman–Crippen LogP) is 3.42. The van der Waals surface area contributed by atoms with Crippen LogP contribution >= 0.6 is 0 Å². The first-order chi connectivity index (χ1) is 10.1. The van der Waals surface area contributed by atoms with E-state index in [4.69, 9.17) is 4.74 Å². The second-order valence-corrected chi connectivity index (χ2v) is 5.19. The Morgan fingerprint density at radius 1 is 1.14 bits per heavy atom. The van der Waals surface area contributed by atoms with Gasteiger partial charge in [0.25, 0.3) is 0 Å². The summed E-state index contributed by atoms with van der Waals surface area (Å²) in [4.78, 5) is 12.1. The van der Waals surface area contributed by atoms with Gasteiger partial charge in [-0.3, -0.25) is 4.79 Å². The quantitative estimate of drug-likeness (QED) is 0.913. The summed E-state index contributed by atoms with van der Waals surface area (Å²) < 4.78 is 5.33. The molecule has 0 aliphatic rings. The van der Waals surface area contributed by atoms with E-state index in [1.165, 1.54) is 5.56 Å². The number of amides is 1. The van der Waals surface area contributed by atoms with Gasteiger partial charge in [-0.05, 0) is 25.5 Å². The molecule has 0 spiro atoms. The van der Waals surface area contributed by atoms with E-state index in [0.29, 0.717) is 6.42 Å². The van der Waals surface area contributed by atoms with Crippen LogP contribution in [-0.4, -0.2) is 13.0 Å². The summed E-state index contributed by atoms with van der Waals surface area (Å²) in [6, 6.07) is 15.7. The minimum Gasteiger partial charge on any atom is -0.496 e. The van der Waals surface area contributed by atoms with Crippen LogP contribution in [0.3, 0.4) is 0 Å². The number of methoxy groups -OCH3 is 1. The smallest absolute Gasteiger partial charge is 0.224 e. The molecule has 21 heavy (non-hydrogen) atoms. The highest BCUT2D eigenvalue weighted by Crippen LogP contribution is 2.24. The van der Waals surface area contributed by atoms with Crippen LogP contribution in [0.25, 0.3) is 0 Å². The number of hydrogen-bond acceptors (Lipinski definition) is 2. The van der Waals surface area contributed by atoms with Gasteiger partial charge in [0.15, 0.2) is 0 Å². The van der Waals surface area contributed by atoms with Crippen LogP contribution in [0.15, 0.2) is 48.5 Å². The fourth-order valence-electron chi connectivity index (χ4n) is 2.29. The minimum absolute atomic E-state index is 0.0114. The third-order valence-corrected chi connectivity index (χ3v) is 3.47. The van der Waals surface area contributed by atoms with Crippen LogP contribution in [0.1, 0.15) is 29.7 Å². The molecule has 0 aromatic heterocycles. The molecule has 110 valence electrons. The van der Waals surface area contributed by atoms with Crippen molar-refractivity contribution in [2.45, 2.75) is 26.3 Å². The zero-order valence-corrected chi connectivity index (χ0v) is 12.7. The monoisotopic (exact) mass is 283 g/mol. The largest absolute Gasteiger partial charge is 0.496 e. The van der Waals surface area contributed by atoms with Gasteiger partial charge < -0.3 is 10.1 Å². The average molecular weight is 283 g/mol. The summed E-state index contributed by atoms with van der Waals surface area (Å²) >= 11 is 0. The van der Waals surface area contributed by atoms with Crippen molar-refractivity contribution in [1.82, 2.24) is 5.32 Å². The molecular formula is C18H21NO2. The van der Waals surface area contributed by atoms with Crippen LogP contribution in [0.2, 0.25) is 0 Å². The molecule has 0 fully saturated rings. The van der Waals surface area contributed by atoms with Crippen molar-refractivity contribution in [2.75, 3.05) is 7.11 Å². The van der Waals surface area contributed by atoms with Crippen molar-refractivity contribution in [3.8, 4) is 5.75 Å². The molecule has 2 aromatic carbocycles. The molecule has 3 nitrogen and oxygen atoms in total. The number of aryl methyl sites for hydroxylation is 1. The second-order valence-electron chi connectivity index (χ2n) is 5.19. The van der Waals surface area contributed by atoms with E-state index in [9.17, 15) is 4.79 Å². The van der Waals surface area contributed by atoms with E-state index >= 15 is 0 Å². The van der Waals surface area contributed by atoms with Gasteiger partial charge in [0.1, 0.15) is 5.75 Å². The average Bonchev–Trinajstić information content (AvgIpc) is 2.49. The number of hydrogen-bond donors (Lipinski definition) is 1. The van der Waals surface area contributed by atoms with E-state index in [1.54, 1.807) is 7.11 Å². The van der Waals surface area contributed by atoms with Crippen LogP contribution < -0.4 is 10.1 Å². The molecule has 0 radical (unpaired) electrons. The summed E-state index contributed by atoms with van der Waals surface area (Å²) in [6.07, 6.45) is 0.389. The van der Waals surface area contributed by atoms with E-state index in [1.807, 2.05) is 62.4 Å². The van der Waals surface area contributed by atoms with Gasteiger partial charge in [0, 0.05) is 5.56 Å². The first kappa shape index (κ1) is 15.1. The van der Waals surface area contributed by atoms with Crippen molar-refractivity contribution in [3.63, 3.8) is 0 Å². The second kappa shape index (κ2) is 6.93. The Morgan fingerprint density at radius 3 is 2.48 bits per heavy atom. The Morgan fingerprint density at radius 2 is 1.81 bits per heavy atom. The molecule has 3 heteroatoms. The maximum Gasteiger partial charge on any atom is 0.224 e. The highest BCUT2D eigenvalue weighted by atomic mass is 16.5. The maximum absolute atomic E-state index is 12.1. The lowest BCUT2D eigenvalue weighted by Crippen LogP contribution is -2.28. The molecule has 2 rings (SSSR count). The molecule has 0 saturated heterocycles. The Hall–Kier alpha value is -2.29. The van der Waals surface area contributed by atoms with Crippen molar-refractivity contribution in [3.05, 3.63) is 65.2 Å². The highest BCUT2D eigenvalue weighted by molar-refractivity contribution is 5.79. The lowest BCUT2D eigenvalue weighted by atomic mass is 10.1. The van der Waals surface area contributed by atoms with Gasteiger partial charge in [-0.15, -0.1) is 0 Å². The first-order valence-electron chi connectivity index (χ1n) is 7.08. The van der Waals surface area contributed by atoms with E-state index in [0.717, 1.165) is 16.9 Å². The van der Waals surface area contributed by atoms with Crippen molar-refractivity contribution in [2.24, 2.45) is 0 Å². The molecule has 1 amide bonds. The number of ether oxygens (including phenoxy) is 1. The van der Waals surface area contributed by atoms with Crippen molar-refractivity contribution >= 4 is 5.91 Å². The fourth-order valence-corrected chi connectivity index (χ4v) is 2.29. The highest BCUT2D eigenvalue weighted by Gasteiger charge is 2.13. The van der Waals surface area contributed by atoms with Gasteiger partial charge in [-0.25, -0.2) is 0 Å². The van der Waals surface area contributed by atoms with Crippen LogP contribution in [0.4, 0.5) is 0 Å². The number of carbonyl (C=O) groups excluding carboxylic acids is 1. The Labute approximate surface area is 126 Å². The molecule has 2 aromatic rings. The standard InChI is InChI=1S/C18H21NO2/c1-13-8-10-15(11-9-13)12-18(20)19-14(2)16-6-4-5-7-17(16)21-3/h4-11,14H,12H2,1-3H3,(H,19,20)/t14-/m0/s1. The van der Waals surface area contributed by atoms with Crippen LogP contribution in [0.5, 0.6) is 5.75 Å². The third-order valence-electron chi connectivity index (χ3n) is 3.47. The zero-order valence-electron chi connectivity index (χ0n) is 12.7. The SMILES string of the molecule is COc1ccccc1[C@H](C)NC(=O)Cc1ccc(C)cc1. The molecule has 0 heterocycles. The van der Waals surface area contributed by atoms with Gasteiger partial charge in [0.2, 0.25) is 5.91 Å². The van der Waals surface area contributed by atoms with E-state index in [-0.39, 0.29) is 11.9 Å². The van der Waals surface area contributed by atoms with Crippen molar-refractivity contribution < 1.29 is 9.53 Å². The molecule has 0 saturated carbocycles. The van der Waals surface area contributed by atoms with Gasteiger partial charge in [0.05, 0.1) is 19.6 Å². The number of para-hydroxylation sites is 1. The molecule has 0 unspecified atom stereocenters. The summed E-state index contributed by atoms with van der Waals surface area (Å²) in [6.45, 7) is 4.00. The normalized spacial score (nSPS) is 11.8. The van der Waals surface area contributed by atoms with Gasteiger partial charge >= 0.3 is 0 Å². The molecular weight excluding hydrogens is 262 g/mol. The third kappa shape index (κ3) is 4.09. The molecule has 0 bridgehead atoms. The Bertz CT molecular complexity index is 605. The molecule has 0 aliphatic carbocycles. The van der Waals surface area contributed by atoms with Crippen LogP contribution in [0, 0.1) is 6.92 Å². The van der Waals surface area contributed by atoms with Gasteiger partial charge in [-0.1, -0.05) is 48.0 Å². The molecule has 1 N–H and O–H groups in total. The number of benzene rings is 2. The van der Waals surface area contributed by atoms with Gasteiger partial charge in [-0.2, -0.15) is 0 Å². The maximum atomic E-state index is 12.1. The number of nitrogens with one attached hydrogen (secondary N) is 1. The predicted molar refractivity (Wildman–Crippen MR) is 84.4 cm³/mol. The Kier molecular flexibility index (Phi) is 4.99. The summed E-state index contributed by atoms with van der Waals surface area (Å²) in [5.41, 5.74) is 3.20. The zero-order chi connectivity index (χ0) is 15.2.